The molecule has 0 aromatic heterocycles. The van der Waals surface area contributed by atoms with Crippen molar-refractivity contribution in [1.82, 2.24) is 0 Å². The van der Waals surface area contributed by atoms with Gasteiger partial charge in [-0.15, -0.1) is 0 Å². The number of allylic oxidation sites excluding steroid dienone is 14. The summed E-state index contributed by atoms with van der Waals surface area (Å²) < 4.78 is 34.7. The lowest BCUT2D eigenvalue weighted by atomic mass is 10.1. The van der Waals surface area contributed by atoms with Crippen molar-refractivity contribution < 1.29 is 37.3 Å². The molecule has 0 aromatic carbocycles. The molecule has 0 saturated heterocycles. The third-order valence-electron chi connectivity index (χ3n) is 10.2. The van der Waals surface area contributed by atoms with Crippen LogP contribution in [0.4, 0.5) is 0 Å². The summed E-state index contributed by atoms with van der Waals surface area (Å²) in [5.41, 5.74) is 0. The van der Waals surface area contributed by atoms with Gasteiger partial charge in [0.25, 0.3) is 7.82 Å². The Bertz CT molecular complexity index is 1260. The Kier molecular flexibility index (Phi) is 43.6. The Morgan fingerprint density at radius 2 is 0.935 bits per heavy atom. The molecule has 9 heteroatoms. The largest absolute Gasteiger partial charge is 0.756 e. The third-order valence-corrected chi connectivity index (χ3v) is 11.1. The Hall–Kier alpha value is -2.32. The van der Waals surface area contributed by atoms with E-state index < -0.39 is 13.9 Å². The molecule has 62 heavy (non-hydrogen) atoms. The minimum Gasteiger partial charge on any atom is -0.756 e. The van der Waals surface area contributed by atoms with Crippen molar-refractivity contribution in [2.75, 3.05) is 54.1 Å². The molecule has 0 aliphatic rings. The number of ether oxygens (including phenoxy) is 2. The van der Waals surface area contributed by atoms with E-state index in [9.17, 15) is 14.3 Å². The van der Waals surface area contributed by atoms with E-state index in [1.807, 2.05) is 21.1 Å². The zero-order valence-electron chi connectivity index (χ0n) is 40.5. The second kappa shape index (κ2) is 45.3. The van der Waals surface area contributed by atoms with Gasteiger partial charge >= 0.3 is 5.97 Å². The van der Waals surface area contributed by atoms with Gasteiger partial charge in [-0.25, -0.2) is 0 Å². The lowest BCUT2D eigenvalue weighted by Crippen LogP contribution is -2.37. The number of rotatable bonds is 45. The van der Waals surface area contributed by atoms with Gasteiger partial charge in [0.15, 0.2) is 0 Å². The Labute approximate surface area is 382 Å². The van der Waals surface area contributed by atoms with Crippen LogP contribution >= 0.6 is 7.82 Å². The van der Waals surface area contributed by atoms with Crippen LogP contribution in [-0.4, -0.2) is 70.7 Å². The van der Waals surface area contributed by atoms with Gasteiger partial charge < -0.3 is 27.9 Å². The normalized spacial score (nSPS) is 14.4. The Morgan fingerprint density at radius 1 is 0.516 bits per heavy atom. The molecule has 0 spiro atoms. The molecule has 0 fully saturated rings. The second-order valence-corrected chi connectivity index (χ2v) is 18.8. The van der Waals surface area contributed by atoms with E-state index in [0.717, 1.165) is 83.5 Å². The number of esters is 1. The van der Waals surface area contributed by atoms with Gasteiger partial charge in [-0.3, -0.25) is 9.36 Å². The van der Waals surface area contributed by atoms with Crippen LogP contribution in [0.2, 0.25) is 0 Å². The maximum atomic E-state index is 12.7. The lowest BCUT2D eigenvalue weighted by Gasteiger charge is -2.28. The number of hydrogen-bond acceptors (Lipinski definition) is 7. The number of phosphoric acid groups is 1. The summed E-state index contributed by atoms with van der Waals surface area (Å²) in [6.45, 7) is 5.20. The minimum absolute atomic E-state index is 0.0141. The third kappa shape index (κ3) is 48.7. The summed E-state index contributed by atoms with van der Waals surface area (Å²) in [7, 11) is 1.32. The average molecular weight is 888 g/mol. The lowest BCUT2D eigenvalue weighted by molar-refractivity contribution is -0.870. The van der Waals surface area contributed by atoms with Gasteiger partial charge in [0.05, 0.1) is 34.4 Å². The molecule has 2 atom stereocenters. The predicted molar refractivity (Wildman–Crippen MR) is 263 cm³/mol. The maximum absolute atomic E-state index is 12.7. The first-order valence-corrected chi connectivity index (χ1v) is 26.3. The summed E-state index contributed by atoms with van der Waals surface area (Å²) in [4.78, 5) is 25.1. The molecule has 0 N–H and O–H groups in total. The zero-order valence-corrected chi connectivity index (χ0v) is 41.4. The Morgan fingerprint density at radius 3 is 1.42 bits per heavy atom. The van der Waals surface area contributed by atoms with Crippen LogP contribution in [0, 0.1) is 0 Å². The molecule has 0 aliphatic heterocycles. The van der Waals surface area contributed by atoms with Gasteiger partial charge in [0, 0.05) is 13.0 Å². The molecule has 358 valence electrons. The van der Waals surface area contributed by atoms with Gasteiger partial charge in [0.1, 0.15) is 19.3 Å². The Balaban J connectivity index is 4.27. The van der Waals surface area contributed by atoms with Crippen LogP contribution in [0.15, 0.2) is 85.1 Å². The topological polar surface area (TPSA) is 94.1 Å². The molecule has 0 radical (unpaired) electrons. The van der Waals surface area contributed by atoms with Crippen LogP contribution in [0.3, 0.4) is 0 Å². The number of carbonyl (C=O) groups is 1. The standard InChI is InChI=1S/C53H94NO7P/c1-6-8-10-12-14-16-18-20-22-24-26-27-28-29-31-33-35-37-39-41-43-45-48-58-50-52(51-60-62(56,57)59-49-47-54(3,4)5)61-53(55)46-44-42-40-38-36-34-32-30-25-23-21-19-17-15-13-11-9-7-2/h8,10,14,16,20,22-23,25-27,29,31,35,37,52H,6-7,9,11-13,15,17-19,21,24,28,30,32-34,36,38-51H2,1-5H3/b10-8-,16-14-,22-20-,25-23-,27-26-,31-29-,37-35-. The van der Waals surface area contributed by atoms with E-state index in [0.29, 0.717) is 24.1 Å². The van der Waals surface area contributed by atoms with Gasteiger partial charge in [-0.2, -0.15) is 0 Å². The van der Waals surface area contributed by atoms with Gasteiger partial charge in [-0.1, -0.05) is 176 Å². The molecule has 0 rings (SSSR count). The van der Waals surface area contributed by atoms with Crippen molar-refractivity contribution in [2.45, 2.75) is 193 Å². The molecule has 8 nitrogen and oxygen atoms in total. The van der Waals surface area contributed by atoms with E-state index in [1.165, 1.54) is 83.5 Å². The number of unbranched alkanes of at least 4 members (excludes halogenated alkanes) is 17. The van der Waals surface area contributed by atoms with E-state index in [2.05, 4.69) is 98.9 Å². The highest BCUT2D eigenvalue weighted by molar-refractivity contribution is 7.45. The summed E-state index contributed by atoms with van der Waals surface area (Å²) in [5, 5.41) is 0. The minimum atomic E-state index is -4.55. The molecule has 0 bridgehead atoms. The summed E-state index contributed by atoms with van der Waals surface area (Å²) in [6.07, 6.45) is 60.3. The van der Waals surface area contributed by atoms with Crippen LogP contribution in [0.5, 0.6) is 0 Å². The first-order valence-electron chi connectivity index (χ1n) is 24.8. The molecule has 0 aliphatic carbocycles. The van der Waals surface area contributed by atoms with Gasteiger partial charge in [0.2, 0.25) is 0 Å². The highest BCUT2D eigenvalue weighted by Crippen LogP contribution is 2.38. The smallest absolute Gasteiger partial charge is 0.306 e. The number of quaternary nitrogens is 1. The highest BCUT2D eigenvalue weighted by atomic mass is 31.2. The molecule has 0 aromatic rings. The number of phosphoric ester groups is 1. The van der Waals surface area contributed by atoms with E-state index >= 15 is 0 Å². The number of nitrogens with zero attached hydrogens (tertiary/aromatic N) is 1. The van der Waals surface area contributed by atoms with Crippen molar-refractivity contribution in [2.24, 2.45) is 0 Å². The molecule has 0 amide bonds. The summed E-state index contributed by atoms with van der Waals surface area (Å²) in [6, 6.07) is 0. The number of hydrogen-bond donors (Lipinski definition) is 0. The predicted octanol–water partition coefficient (Wildman–Crippen LogP) is 14.6. The highest BCUT2D eigenvalue weighted by Gasteiger charge is 2.20. The number of carbonyl (C=O) groups excluding carboxylic acids is 1. The van der Waals surface area contributed by atoms with E-state index in [4.69, 9.17) is 18.5 Å². The van der Waals surface area contributed by atoms with Crippen LogP contribution in [-0.2, 0) is 27.9 Å². The van der Waals surface area contributed by atoms with Gasteiger partial charge in [-0.05, 0) is 89.9 Å². The van der Waals surface area contributed by atoms with Crippen LogP contribution in [0.25, 0.3) is 0 Å². The van der Waals surface area contributed by atoms with E-state index in [1.54, 1.807) is 0 Å². The van der Waals surface area contributed by atoms with Crippen molar-refractivity contribution in [1.29, 1.82) is 0 Å². The maximum Gasteiger partial charge on any atom is 0.306 e. The van der Waals surface area contributed by atoms with Crippen molar-refractivity contribution in [3.05, 3.63) is 85.1 Å². The summed E-state index contributed by atoms with van der Waals surface area (Å²) in [5.74, 6) is -0.353. The average Bonchev–Trinajstić information content (AvgIpc) is 3.23. The molecular formula is C53H94NO7P. The van der Waals surface area contributed by atoms with Crippen LogP contribution < -0.4 is 4.89 Å². The summed E-state index contributed by atoms with van der Waals surface area (Å²) >= 11 is 0. The SMILES string of the molecule is CC/C=C\C/C=C\C/C=C\C/C=C\C/C=C\C/C=C\CCCCCOCC(COP(=O)([O-])OCC[N+](C)(C)C)OC(=O)CCCCCCCCC/C=C\CCCCCCCCC. The molecule has 2 unspecified atom stereocenters. The second-order valence-electron chi connectivity index (χ2n) is 17.4. The first kappa shape index (κ1) is 59.7. The first-order chi connectivity index (χ1) is 30.1. The fourth-order valence-electron chi connectivity index (χ4n) is 6.37. The van der Waals surface area contributed by atoms with E-state index in [-0.39, 0.29) is 25.8 Å². The zero-order chi connectivity index (χ0) is 45.5. The van der Waals surface area contributed by atoms with Crippen molar-refractivity contribution >= 4 is 13.8 Å². The fourth-order valence-corrected chi connectivity index (χ4v) is 7.10. The molecule has 0 saturated carbocycles. The quantitative estimate of drug-likeness (QED) is 0.0198. The molecule has 0 heterocycles. The molecular weight excluding hydrogens is 794 g/mol. The monoisotopic (exact) mass is 888 g/mol. The number of likely N-dealkylation sites (N-methyl/N-ethyl adjacent to an activating group) is 1. The van der Waals surface area contributed by atoms with Crippen molar-refractivity contribution in [3.8, 4) is 0 Å². The fraction of sp³-hybridized carbons (Fsp3) is 0.717. The van der Waals surface area contributed by atoms with Crippen LogP contribution in [0.1, 0.15) is 187 Å². The van der Waals surface area contributed by atoms with Crippen molar-refractivity contribution in [3.63, 3.8) is 0 Å².